The average Bonchev–Trinajstić information content (AvgIpc) is 2.65. The van der Waals surface area contributed by atoms with Crippen LogP contribution in [0.2, 0.25) is 0 Å². The van der Waals surface area contributed by atoms with Crippen molar-refractivity contribution in [2.45, 2.75) is 4.90 Å². The van der Waals surface area contributed by atoms with Gasteiger partial charge in [0, 0.05) is 12.1 Å². The molecule has 26 heavy (non-hydrogen) atoms. The lowest BCUT2D eigenvalue weighted by Crippen LogP contribution is -2.36. The van der Waals surface area contributed by atoms with Crippen molar-refractivity contribution < 1.29 is 27.6 Å². The maximum Gasteiger partial charge on any atom is 0.326 e. The summed E-state index contributed by atoms with van der Waals surface area (Å²) in [4.78, 5) is 21.6. The van der Waals surface area contributed by atoms with Gasteiger partial charge in [-0.1, -0.05) is 6.07 Å². The molecule has 0 bridgehead atoms. The quantitative estimate of drug-likeness (QED) is 0.409. The zero-order chi connectivity index (χ0) is 19.3. The van der Waals surface area contributed by atoms with E-state index in [0.717, 1.165) is 17.5 Å². The standard InChI is InChI=1S/C16H16N2O7S/c1-24-14-8-6-12(7-9-14)17(11-16(19)25-2)26(22,23)15-5-3-4-13(10-15)18(20)21/h3-10H,11H2,1-2H3. The van der Waals surface area contributed by atoms with Crippen LogP contribution in [0, 0.1) is 10.1 Å². The summed E-state index contributed by atoms with van der Waals surface area (Å²) in [6.45, 7) is -0.589. The number of nitro groups is 1. The van der Waals surface area contributed by atoms with Crippen molar-refractivity contribution in [2.75, 3.05) is 25.1 Å². The van der Waals surface area contributed by atoms with Crippen LogP contribution in [0.3, 0.4) is 0 Å². The normalized spacial score (nSPS) is 10.8. The van der Waals surface area contributed by atoms with Gasteiger partial charge in [0.1, 0.15) is 12.3 Å². The first kappa shape index (κ1) is 19.2. The van der Waals surface area contributed by atoms with Gasteiger partial charge in [-0.3, -0.25) is 19.2 Å². The van der Waals surface area contributed by atoms with Crippen LogP contribution in [0.1, 0.15) is 0 Å². The first-order valence-electron chi connectivity index (χ1n) is 7.27. The van der Waals surface area contributed by atoms with Gasteiger partial charge in [0.15, 0.2) is 0 Å². The van der Waals surface area contributed by atoms with Gasteiger partial charge in [0.2, 0.25) is 0 Å². The van der Waals surface area contributed by atoms with E-state index in [1.54, 1.807) is 0 Å². The summed E-state index contributed by atoms with van der Waals surface area (Å²) in [5.74, 6) is -0.283. The van der Waals surface area contributed by atoms with E-state index in [-0.39, 0.29) is 16.3 Å². The van der Waals surface area contributed by atoms with E-state index in [9.17, 15) is 23.3 Å². The number of non-ortho nitro benzene ring substituents is 1. The van der Waals surface area contributed by atoms with Crippen molar-refractivity contribution in [2.24, 2.45) is 0 Å². The highest BCUT2D eigenvalue weighted by Crippen LogP contribution is 2.27. The Balaban J connectivity index is 2.53. The van der Waals surface area contributed by atoms with Gasteiger partial charge in [-0.2, -0.15) is 0 Å². The van der Waals surface area contributed by atoms with Crippen molar-refractivity contribution in [3.05, 3.63) is 58.6 Å². The van der Waals surface area contributed by atoms with Crippen LogP contribution in [0.5, 0.6) is 5.75 Å². The van der Waals surface area contributed by atoms with Crippen molar-refractivity contribution in [3.8, 4) is 5.75 Å². The van der Waals surface area contributed by atoms with Crippen LogP contribution in [-0.2, 0) is 19.6 Å². The summed E-state index contributed by atoms with van der Waals surface area (Å²) in [5.41, 5.74) is -0.193. The number of carbonyl (C=O) groups is 1. The number of rotatable bonds is 7. The summed E-state index contributed by atoms with van der Waals surface area (Å²) in [7, 11) is -1.65. The SMILES string of the molecule is COC(=O)CN(c1ccc(OC)cc1)S(=O)(=O)c1cccc([N+](=O)[O-])c1. The molecule has 0 saturated carbocycles. The monoisotopic (exact) mass is 380 g/mol. The number of hydrogen-bond acceptors (Lipinski definition) is 7. The molecule has 0 aromatic heterocycles. The molecule has 0 radical (unpaired) electrons. The van der Waals surface area contributed by atoms with Crippen molar-refractivity contribution in [1.82, 2.24) is 0 Å². The van der Waals surface area contributed by atoms with Crippen LogP contribution in [0.25, 0.3) is 0 Å². The summed E-state index contributed by atoms with van der Waals surface area (Å²) in [6, 6.07) is 10.6. The van der Waals surface area contributed by atoms with E-state index >= 15 is 0 Å². The third-order valence-corrected chi connectivity index (χ3v) is 5.25. The van der Waals surface area contributed by atoms with E-state index in [2.05, 4.69) is 4.74 Å². The van der Waals surface area contributed by atoms with E-state index in [1.807, 2.05) is 0 Å². The van der Waals surface area contributed by atoms with Crippen molar-refractivity contribution in [3.63, 3.8) is 0 Å². The van der Waals surface area contributed by atoms with Crippen LogP contribution >= 0.6 is 0 Å². The van der Waals surface area contributed by atoms with E-state index in [1.165, 1.54) is 49.6 Å². The van der Waals surface area contributed by atoms with Crippen molar-refractivity contribution >= 4 is 27.4 Å². The first-order valence-corrected chi connectivity index (χ1v) is 8.71. The highest BCUT2D eigenvalue weighted by molar-refractivity contribution is 7.92. The molecule has 0 N–H and O–H groups in total. The summed E-state index contributed by atoms with van der Waals surface area (Å²) >= 11 is 0. The van der Waals surface area contributed by atoms with Crippen LogP contribution in [0.15, 0.2) is 53.4 Å². The van der Waals surface area contributed by atoms with Crippen LogP contribution in [-0.4, -0.2) is 40.1 Å². The van der Waals surface area contributed by atoms with Gasteiger partial charge in [-0.15, -0.1) is 0 Å². The molecule has 2 aromatic rings. The maximum absolute atomic E-state index is 13.0. The van der Waals surface area contributed by atoms with Crippen LogP contribution < -0.4 is 9.04 Å². The predicted molar refractivity (Wildman–Crippen MR) is 92.6 cm³/mol. The fourth-order valence-corrected chi connectivity index (χ4v) is 3.58. The molecule has 0 aliphatic carbocycles. The number of hydrogen-bond donors (Lipinski definition) is 0. The number of anilines is 1. The lowest BCUT2D eigenvalue weighted by Gasteiger charge is -2.23. The molecule has 0 atom stereocenters. The fourth-order valence-electron chi connectivity index (χ4n) is 2.13. The number of esters is 1. The minimum Gasteiger partial charge on any atom is -0.497 e. The minimum absolute atomic E-state index is 0.183. The van der Waals surface area contributed by atoms with Gasteiger partial charge in [0.05, 0.1) is 29.7 Å². The number of nitrogens with zero attached hydrogens (tertiary/aromatic N) is 2. The van der Waals surface area contributed by atoms with Gasteiger partial charge in [0.25, 0.3) is 15.7 Å². The Hall–Kier alpha value is -3.14. The Bertz CT molecular complexity index is 910. The van der Waals surface area contributed by atoms with Gasteiger partial charge < -0.3 is 9.47 Å². The number of carbonyl (C=O) groups excluding carboxylic acids is 1. The fraction of sp³-hybridized carbons (Fsp3) is 0.188. The second kappa shape index (κ2) is 7.83. The first-order chi connectivity index (χ1) is 12.3. The molecule has 9 nitrogen and oxygen atoms in total. The van der Waals surface area contributed by atoms with E-state index in [4.69, 9.17) is 4.74 Å². The van der Waals surface area contributed by atoms with Gasteiger partial charge in [-0.25, -0.2) is 8.42 Å². The van der Waals surface area contributed by atoms with Crippen LogP contribution in [0.4, 0.5) is 11.4 Å². The molecule has 0 aliphatic heterocycles. The Morgan fingerprint density at radius 3 is 2.35 bits per heavy atom. The largest absolute Gasteiger partial charge is 0.497 e. The molecule has 0 unspecified atom stereocenters. The molecular weight excluding hydrogens is 364 g/mol. The Labute approximate surface area is 150 Å². The second-order valence-electron chi connectivity index (χ2n) is 5.04. The lowest BCUT2D eigenvalue weighted by atomic mass is 10.3. The molecule has 0 fully saturated rings. The highest BCUT2D eigenvalue weighted by atomic mass is 32.2. The highest BCUT2D eigenvalue weighted by Gasteiger charge is 2.28. The molecule has 0 saturated heterocycles. The minimum atomic E-state index is -4.25. The molecule has 0 heterocycles. The Morgan fingerprint density at radius 1 is 1.15 bits per heavy atom. The second-order valence-corrected chi connectivity index (χ2v) is 6.90. The zero-order valence-corrected chi connectivity index (χ0v) is 14.8. The lowest BCUT2D eigenvalue weighted by molar-refractivity contribution is -0.385. The number of nitro benzene ring substituents is 1. The number of ether oxygens (including phenoxy) is 2. The molecule has 0 amide bonds. The molecule has 138 valence electrons. The topological polar surface area (TPSA) is 116 Å². The maximum atomic E-state index is 13.0. The number of sulfonamides is 1. The van der Waals surface area contributed by atoms with E-state index < -0.39 is 27.5 Å². The summed E-state index contributed by atoms with van der Waals surface area (Å²) in [5, 5.41) is 10.9. The molecule has 0 aliphatic rings. The van der Waals surface area contributed by atoms with Gasteiger partial charge >= 0.3 is 5.97 Å². The smallest absolute Gasteiger partial charge is 0.326 e. The molecule has 10 heteroatoms. The third-order valence-electron chi connectivity index (χ3n) is 3.48. The van der Waals surface area contributed by atoms with Crippen molar-refractivity contribution in [1.29, 1.82) is 0 Å². The summed E-state index contributed by atoms with van der Waals surface area (Å²) in [6.07, 6.45) is 0. The number of benzene rings is 2. The Morgan fingerprint density at radius 2 is 1.81 bits per heavy atom. The molecule has 2 rings (SSSR count). The zero-order valence-electron chi connectivity index (χ0n) is 14.0. The third kappa shape index (κ3) is 4.09. The van der Waals surface area contributed by atoms with E-state index in [0.29, 0.717) is 5.75 Å². The predicted octanol–water partition coefficient (Wildman–Crippen LogP) is 1.97. The molecule has 2 aromatic carbocycles. The molecule has 0 spiro atoms. The van der Waals surface area contributed by atoms with Gasteiger partial charge in [-0.05, 0) is 30.3 Å². The summed E-state index contributed by atoms with van der Waals surface area (Å²) < 4.78 is 36.4. The Kier molecular flexibility index (Phi) is 5.78. The average molecular weight is 380 g/mol. The molecular formula is C16H16N2O7S. The number of methoxy groups -OCH3 is 2.